The summed E-state index contributed by atoms with van der Waals surface area (Å²) in [4.78, 5) is 45.6. The summed E-state index contributed by atoms with van der Waals surface area (Å²) in [7, 11) is 4.10. The quantitative estimate of drug-likeness (QED) is 0.472. The van der Waals surface area contributed by atoms with Crippen LogP contribution in [0.5, 0.6) is 0 Å². The molecule has 0 saturated carbocycles. The predicted molar refractivity (Wildman–Crippen MR) is 136 cm³/mol. The first-order valence-corrected chi connectivity index (χ1v) is 12.8. The average molecular weight is 495 g/mol. The van der Waals surface area contributed by atoms with Gasteiger partial charge in [-0.15, -0.1) is 0 Å². The molecule has 4 rings (SSSR count). The van der Waals surface area contributed by atoms with Crippen molar-refractivity contribution >= 4 is 35.2 Å². The molecule has 0 aliphatic carbocycles. The van der Waals surface area contributed by atoms with E-state index in [-0.39, 0.29) is 24.0 Å². The summed E-state index contributed by atoms with van der Waals surface area (Å²) in [5, 5.41) is 0. The molecule has 2 aromatic rings. The molecule has 2 aliphatic heterocycles. The first kappa shape index (κ1) is 25.0. The van der Waals surface area contributed by atoms with Crippen LogP contribution in [0.3, 0.4) is 0 Å². The van der Waals surface area contributed by atoms with Gasteiger partial charge in [-0.2, -0.15) is 0 Å². The summed E-state index contributed by atoms with van der Waals surface area (Å²) in [5.74, 6) is -1.12. The van der Waals surface area contributed by atoms with Crippen molar-refractivity contribution in [1.29, 1.82) is 0 Å². The molecule has 2 amide bonds. The molecular formula is C27H32N3O4S+. The van der Waals surface area contributed by atoms with Gasteiger partial charge in [0, 0.05) is 30.8 Å². The number of esters is 1. The van der Waals surface area contributed by atoms with Gasteiger partial charge >= 0.3 is 5.97 Å². The number of hydrogen-bond acceptors (Lipinski definition) is 6. The number of anilines is 1. The van der Waals surface area contributed by atoms with Crippen molar-refractivity contribution in [2.45, 2.75) is 43.7 Å². The Morgan fingerprint density at radius 1 is 1.03 bits per heavy atom. The summed E-state index contributed by atoms with van der Waals surface area (Å²) in [6.45, 7) is 5.64. The maximum atomic E-state index is 13.7. The van der Waals surface area contributed by atoms with E-state index in [1.54, 1.807) is 38.1 Å². The van der Waals surface area contributed by atoms with Gasteiger partial charge in [0.15, 0.2) is 0 Å². The van der Waals surface area contributed by atoms with Crippen LogP contribution in [-0.2, 0) is 14.3 Å². The lowest BCUT2D eigenvalue weighted by Crippen LogP contribution is -3.10. The number of nitrogens with zero attached hydrogens (tertiary/aromatic N) is 2. The smallest absolute Gasteiger partial charge is 0.338 e. The van der Waals surface area contributed by atoms with E-state index in [0.717, 1.165) is 30.8 Å². The zero-order valence-corrected chi connectivity index (χ0v) is 21.4. The monoisotopic (exact) mass is 494 g/mol. The van der Waals surface area contributed by atoms with E-state index in [2.05, 4.69) is 7.05 Å². The zero-order chi connectivity index (χ0) is 25.1. The molecule has 0 radical (unpaired) electrons. The largest absolute Gasteiger partial charge is 0.459 e. The number of ether oxygens (including phenoxy) is 1. The Balaban J connectivity index is 1.65. The van der Waals surface area contributed by atoms with Crippen LogP contribution >= 0.6 is 11.8 Å². The molecular weight excluding hydrogens is 462 g/mol. The fourth-order valence-corrected chi connectivity index (χ4v) is 5.47. The molecule has 2 aromatic carbocycles. The molecule has 1 N–H and O–H groups in total. The highest BCUT2D eigenvalue weighted by molar-refractivity contribution is 8.04. The number of piperidine rings is 1. The van der Waals surface area contributed by atoms with Crippen molar-refractivity contribution in [3.8, 4) is 0 Å². The number of thioether (sulfide) groups is 1. The molecule has 0 aromatic heterocycles. The third-order valence-corrected chi connectivity index (χ3v) is 7.47. The van der Waals surface area contributed by atoms with E-state index < -0.39 is 5.97 Å². The molecule has 35 heavy (non-hydrogen) atoms. The van der Waals surface area contributed by atoms with E-state index in [1.165, 1.54) is 21.6 Å². The summed E-state index contributed by atoms with van der Waals surface area (Å²) in [6.07, 6.45) is 1.69. The minimum absolute atomic E-state index is 0.199. The molecule has 0 bridgehead atoms. The van der Waals surface area contributed by atoms with Crippen LogP contribution < -0.4 is 9.80 Å². The minimum atomic E-state index is -0.436. The maximum absolute atomic E-state index is 13.7. The summed E-state index contributed by atoms with van der Waals surface area (Å²) >= 11 is 1.32. The van der Waals surface area contributed by atoms with Crippen LogP contribution in [0.25, 0.3) is 0 Å². The second-order valence-corrected chi connectivity index (χ2v) is 10.4. The van der Waals surface area contributed by atoms with Gasteiger partial charge in [0.1, 0.15) is 10.6 Å². The molecule has 0 unspecified atom stereocenters. The van der Waals surface area contributed by atoms with Gasteiger partial charge in [0.05, 0.1) is 37.5 Å². The third kappa shape index (κ3) is 5.44. The van der Waals surface area contributed by atoms with Crippen molar-refractivity contribution in [2.24, 2.45) is 0 Å². The van der Waals surface area contributed by atoms with Crippen LogP contribution in [0, 0.1) is 0 Å². The standard InChI is InChI=1S/C27H31N3O4S/c1-18(2)34-27(33)19-10-12-21(13-11-19)30-25(31)23(29(4)20-14-16-28(3)17-15-20)24(26(30)32)35-22-8-6-5-7-9-22/h5-13,18,20H,14-17H2,1-4H3/p+1. The molecule has 0 spiro atoms. The van der Waals surface area contributed by atoms with Crippen molar-refractivity contribution < 1.29 is 24.0 Å². The van der Waals surface area contributed by atoms with Crippen molar-refractivity contribution in [1.82, 2.24) is 4.90 Å². The van der Waals surface area contributed by atoms with E-state index in [9.17, 15) is 14.4 Å². The molecule has 0 atom stereocenters. The van der Waals surface area contributed by atoms with Crippen LogP contribution in [0.15, 0.2) is 70.1 Å². The Morgan fingerprint density at radius 3 is 2.26 bits per heavy atom. The molecule has 1 fully saturated rings. The lowest BCUT2D eigenvalue weighted by atomic mass is 10.0. The Kier molecular flexibility index (Phi) is 7.62. The van der Waals surface area contributed by atoms with Gasteiger partial charge in [-0.05, 0) is 50.2 Å². The lowest BCUT2D eigenvalue weighted by molar-refractivity contribution is -0.885. The van der Waals surface area contributed by atoms with Gasteiger partial charge in [-0.25, -0.2) is 9.69 Å². The number of likely N-dealkylation sites (tertiary alicyclic amines) is 1. The normalized spacial score (nSPS) is 20.5. The fraction of sp³-hybridized carbons (Fsp3) is 0.370. The second-order valence-electron chi connectivity index (χ2n) is 9.34. The average Bonchev–Trinajstić information content (AvgIpc) is 3.08. The van der Waals surface area contributed by atoms with Gasteiger partial charge in [-0.3, -0.25) is 9.59 Å². The fourth-order valence-electron chi connectivity index (χ4n) is 4.44. The number of hydrogen-bond donors (Lipinski definition) is 1. The van der Waals surface area contributed by atoms with E-state index in [4.69, 9.17) is 4.74 Å². The van der Waals surface area contributed by atoms with Crippen molar-refractivity contribution in [2.75, 3.05) is 32.1 Å². The minimum Gasteiger partial charge on any atom is -0.459 e. The van der Waals surface area contributed by atoms with E-state index in [1.807, 2.05) is 42.3 Å². The first-order valence-electron chi connectivity index (χ1n) is 12.0. The zero-order valence-electron chi connectivity index (χ0n) is 20.6. The van der Waals surface area contributed by atoms with Crippen LogP contribution in [-0.4, -0.2) is 62.0 Å². The number of benzene rings is 2. The number of carbonyl (C=O) groups excluding carboxylic acids is 3. The number of nitrogens with one attached hydrogen (secondary N) is 1. The summed E-state index contributed by atoms with van der Waals surface area (Å²) < 4.78 is 5.24. The summed E-state index contributed by atoms with van der Waals surface area (Å²) in [6, 6.07) is 16.3. The van der Waals surface area contributed by atoms with E-state index in [0.29, 0.717) is 21.9 Å². The Labute approximate surface area is 210 Å². The summed E-state index contributed by atoms with van der Waals surface area (Å²) in [5.41, 5.74) is 1.25. The maximum Gasteiger partial charge on any atom is 0.338 e. The van der Waals surface area contributed by atoms with Gasteiger partial charge in [0.2, 0.25) is 0 Å². The molecule has 8 heteroatoms. The molecule has 184 valence electrons. The highest BCUT2D eigenvalue weighted by Crippen LogP contribution is 2.39. The van der Waals surface area contributed by atoms with Crippen molar-refractivity contribution in [3.05, 3.63) is 70.8 Å². The van der Waals surface area contributed by atoms with Crippen LogP contribution in [0.4, 0.5) is 5.69 Å². The molecule has 7 nitrogen and oxygen atoms in total. The third-order valence-electron chi connectivity index (χ3n) is 6.39. The molecule has 2 aliphatic rings. The Morgan fingerprint density at radius 2 is 1.66 bits per heavy atom. The lowest BCUT2D eigenvalue weighted by Gasteiger charge is -2.35. The van der Waals surface area contributed by atoms with Crippen molar-refractivity contribution in [3.63, 3.8) is 0 Å². The van der Waals surface area contributed by atoms with Gasteiger partial charge < -0.3 is 14.5 Å². The highest BCUT2D eigenvalue weighted by atomic mass is 32.2. The topological polar surface area (TPSA) is 71.4 Å². The predicted octanol–water partition coefficient (Wildman–Crippen LogP) is 2.74. The number of likely N-dealkylation sites (N-methyl/N-ethyl adjacent to an activating group) is 1. The van der Waals surface area contributed by atoms with Gasteiger partial charge in [0.25, 0.3) is 11.8 Å². The number of quaternary nitrogens is 1. The number of imide groups is 1. The molecule has 2 heterocycles. The van der Waals surface area contributed by atoms with Crippen LogP contribution in [0.1, 0.15) is 37.0 Å². The van der Waals surface area contributed by atoms with Crippen LogP contribution in [0.2, 0.25) is 0 Å². The SMILES string of the molecule is CC(C)OC(=O)c1ccc(N2C(=O)C(Sc3ccccc3)=C(N(C)C3CC[NH+](C)CC3)C2=O)cc1. The number of rotatable bonds is 7. The second kappa shape index (κ2) is 10.7. The van der Waals surface area contributed by atoms with E-state index >= 15 is 0 Å². The highest BCUT2D eigenvalue weighted by Gasteiger charge is 2.43. The Bertz CT molecular complexity index is 1120. The molecule has 1 saturated heterocycles. The first-order chi connectivity index (χ1) is 16.8. The number of amides is 2. The Hall–Kier alpha value is -3.10. The number of carbonyl (C=O) groups is 3. The van der Waals surface area contributed by atoms with Gasteiger partial charge in [-0.1, -0.05) is 30.0 Å².